The maximum absolute atomic E-state index is 17.6. The highest BCUT2D eigenvalue weighted by Gasteiger charge is 2.52. The van der Waals surface area contributed by atoms with Crippen LogP contribution >= 0.6 is 22.9 Å². The second-order valence-corrected chi connectivity index (χ2v) is 23.4. The number of cyclic esters (lactones) is 1. The van der Waals surface area contributed by atoms with E-state index < -0.39 is 59.4 Å². The number of aromatic nitrogens is 4. The molecule has 4 fully saturated rings. The van der Waals surface area contributed by atoms with Gasteiger partial charge in [0.25, 0.3) is 5.56 Å². The predicted octanol–water partition coefficient (Wildman–Crippen LogP) is 8.96. The summed E-state index contributed by atoms with van der Waals surface area (Å²) in [7, 11) is 0. The highest BCUT2D eigenvalue weighted by atomic mass is 35.5. The minimum Gasteiger partial charge on any atom is -0.486 e. The molecule has 17 nitrogen and oxygen atoms in total. The number of aryl methyl sites for hydroxylation is 1. The van der Waals surface area contributed by atoms with Gasteiger partial charge in [-0.25, -0.2) is 22.9 Å². The van der Waals surface area contributed by atoms with E-state index in [2.05, 4.69) is 27.4 Å². The van der Waals surface area contributed by atoms with Crippen molar-refractivity contribution >= 4 is 71.6 Å². The van der Waals surface area contributed by atoms with Crippen LogP contribution in [0.5, 0.6) is 11.8 Å². The fourth-order valence-corrected chi connectivity index (χ4v) is 14.6. The molecule has 7 atom stereocenters. The van der Waals surface area contributed by atoms with Crippen molar-refractivity contribution in [1.29, 1.82) is 10.5 Å². The van der Waals surface area contributed by atoms with E-state index >= 15 is 8.78 Å². The maximum atomic E-state index is 17.6. The number of carbonyl (C=O) groups excluding carboxylic acids is 1. The quantitative estimate of drug-likeness (QED) is 0.0625. The van der Waals surface area contributed by atoms with Crippen molar-refractivity contribution in [3.05, 3.63) is 109 Å². The highest BCUT2D eigenvalue weighted by Crippen LogP contribution is 2.48. The van der Waals surface area contributed by atoms with Crippen molar-refractivity contribution < 1.29 is 42.0 Å². The lowest BCUT2D eigenvalue weighted by atomic mass is 9.86. The van der Waals surface area contributed by atoms with Crippen LogP contribution in [0.25, 0.3) is 54.4 Å². The number of hydrogen-bond acceptors (Lipinski definition) is 17. The van der Waals surface area contributed by atoms with Gasteiger partial charge in [0, 0.05) is 71.5 Å². The first-order valence-electron chi connectivity index (χ1n) is 27.1. The summed E-state index contributed by atoms with van der Waals surface area (Å²) in [4.78, 5) is 47.4. The molecule has 0 saturated carbocycles. The molecule has 4 aromatic heterocycles. The molecule has 3 N–H and O–H groups in total. The number of halogens is 4. The minimum atomic E-state index is -1.94. The first kappa shape index (κ1) is 53.0. The second kappa shape index (κ2) is 19.7. The summed E-state index contributed by atoms with van der Waals surface area (Å²) in [5.74, 6) is -1.38. The third-order valence-corrected chi connectivity index (χ3v) is 18.9. The Balaban J connectivity index is 0.762. The largest absolute Gasteiger partial charge is 0.486 e. The Morgan fingerprint density at radius 3 is 2.68 bits per heavy atom. The van der Waals surface area contributed by atoms with Gasteiger partial charge < -0.3 is 39.3 Å². The van der Waals surface area contributed by atoms with Crippen LogP contribution in [0.4, 0.5) is 24.0 Å². The lowest BCUT2D eigenvalue weighted by Crippen LogP contribution is -2.55. The van der Waals surface area contributed by atoms with Crippen molar-refractivity contribution in [2.45, 2.75) is 114 Å². The average Bonchev–Trinajstić information content (AvgIpc) is 3.84. The average molecular weight is 1140 g/mol. The van der Waals surface area contributed by atoms with Crippen LogP contribution in [0.3, 0.4) is 0 Å². The van der Waals surface area contributed by atoms with Crippen LogP contribution in [0, 0.1) is 34.3 Å². The molecular formula is C59H54ClF3N10O7S. The summed E-state index contributed by atoms with van der Waals surface area (Å²) in [6, 6.07) is 15.3. The van der Waals surface area contributed by atoms with Gasteiger partial charge in [0.1, 0.15) is 71.8 Å². The molecular weight excluding hydrogens is 1090 g/mol. The first-order valence-corrected chi connectivity index (χ1v) is 28.3. The Morgan fingerprint density at radius 2 is 1.90 bits per heavy atom. The molecule has 416 valence electrons. The number of anilines is 2. The highest BCUT2D eigenvalue weighted by molar-refractivity contribution is 7.23. The lowest BCUT2D eigenvalue weighted by molar-refractivity contribution is -0.172. The van der Waals surface area contributed by atoms with E-state index in [-0.39, 0.29) is 116 Å². The van der Waals surface area contributed by atoms with Crippen LogP contribution in [0.2, 0.25) is 5.02 Å². The fraction of sp³-hybridized carbons (Fsp3) is 0.407. The third kappa shape index (κ3) is 8.32. The summed E-state index contributed by atoms with van der Waals surface area (Å²) in [5.41, 5.74) is 8.14. The summed E-state index contributed by atoms with van der Waals surface area (Å²) >= 11 is 7.92. The van der Waals surface area contributed by atoms with Gasteiger partial charge in [-0.15, -0.1) is 11.3 Å². The number of ether oxygens (including phenoxy) is 4. The number of alkyl halides is 1. The number of thiophene rings is 1. The smallest absolute Gasteiger partial charge is 0.343 e. The van der Waals surface area contributed by atoms with Crippen LogP contribution in [0.15, 0.2) is 59.4 Å². The van der Waals surface area contributed by atoms with Crippen LogP contribution in [0.1, 0.15) is 80.7 Å². The molecule has 22 heteroatoms. The summed E-state index contributed by atoms with van der Waals surface area (Å²) < 4.78 is 74.0. The van der Waals surface area contributed by atoms with E-state index in [9.17, 15) is 29.6 Å². The SMILES string of the molecule is C=C(C1OC1N1CCN(c2nc(OC[C@@]34CCCN3C[C@H](F)C4)nc3c(F)c(-c4ccc(F)c5sc(N)c(C#N)c45)c(Cl)cc23)C[C@@H]1CC#N)[C@@H](C)Oc1ccc2nc3c(c(CC)c2c1)Cn1c-3cc2c(c1=O)COC(=O)[C@]2(O)CC. The number of pyridine rings is 2. The van der Waals surface area contributed by atoms with E-state index in [0.29, 0.717) is 60.1 Å². The molecule has 2 unspecified atom stereocenters. The van der Waals surface area contributed by atoms with Crippen LogP contribution in [-0.4, -0.2) is 116 Å². The Morgan fingerprint density at radius 1 is 1.07 bits per heavy atom. The Bertz CT molecular complexity index is 4030. The number of aliphatic hydroxyl groups is 1. The third-order valence-electron chi connectivity index (χ3n) is 17.6. The number of nitriles is 2. The molecule has 6 aliphatic rings. The van der Waals surface area contributed by atoms with Gasteiger partial charge in [0.15, 0.2) is 11.4 Å². The Hall–Kier alpha value is -7.37. The van der Waals surface area contributed by atoms with Gasteiger partial charge >= 0.3 is 12.0 Å². The minimum absolute atomic E-state index is 0.0000186. The van der Waals surface area contributed by atoms with Gasteiger partial charge in [-0.05, 0) is 92.2 Å². The molecule has 0 spiro atoms. The summed E-state index contributed by atoms with van der Waals surface area (Å²) in [5, 5.41) is 33.0. The van der Waals surface area contributed by atoms with Crippen LogP contribution < -0.4 is 25.7 Å². The number of epoxide rings is 1. The standard InChI is InChI=1S/C59H54ClF3N10O7S/c1-5-33-35-18-32(8-11-43(35)67-48-38(33)25-73-44(48)20-40-39(54(73)74)26-77-56(75)59(40,76)6-2)79-29(4)28(3)50-55(80-50)72-17-16-70(24-31(72)12-14-64)53-36-19-41(60)46(34-9-10-42(62)51-45(34)37(22-65)52(66)81-51)47(63)49(36)68-57(69-53)78-27-58-13-7-15-71(58)23-30(61)21-58/h8-11,18-20,29-31,50,55,76H,3,5-7,12-13,15-17,21,23-27,66H2,1-2,4H3/t29-,30-,31+,50?,55?,58+,59+/m1/s1. The predicted molar refractivity (Wildman–Crippen MR) is 298 cm³/mol. The number of nitrogens with two attached hydrogens (primary N) is 1. The number of fused-ring (bicyclic) bond motifs is 8. The number of piperazine rings is 1. The molecule has 0 amide bonds. The summed E-state index contributed by atoms with van der Waals surface area (Å²) in [6.07, 6.45) is 0.253. The van der Waals surface area contributed by atoms with Crippen molar-refractivity contribution in [2.75, 3.05) is 50.0 Å². The van der Waals surface area contributed by atoms with E-state index in [1.54, 1.807) is 23.6 Å². The molecule has 81 heavy (non-hydrogen) atoms. The molecule has 3 aromatic carbocycles. The van der Waals surface area contributed by atoms with Gasteiger partial charge in [-0.2, -0.15) is 20.5 Å². The van der Waals surface area contributed by atoms with Crippen molar-refractivity contribution in [1.82, 2.24) is 29.3 Å². The zero-order chi connectivity index (χ0) is 56.6. The number of nitrogens with zero attached hydrogens (tertiary/aromatic N) is 9. The number of carbonyl (C=O) groups is 1. The van der Waals surface area contributed by atoms with Crippen molar-refractivity contribution in [2.24, 2.45) is 0 Å². The molecule has 0 bridgehead atoms. The molecule has 10 heterocycles. The van der Waals surface area contributed by atoms with Gasteiger partial charge in [-0.3, -0.25) is 14.6 Å². The van der Waals surface area contributed by atoms with E-state index in [1.807, 2.05) is 43.0 Å². The molecule has 0 aliphatic carbocycles. The zero-order valence-corrected chi connectivity index (χ0v) is 46.0. The van der Waals surface area contributed by atoms with E-state index in [4.69, 9.17) is 46.3 Å². The number of esters is 1. The lowest BCUT2D eigenvalue weighted by Gasteiger charge is -2.41. The number of benzene rings is 3. The second-order valence-electron chi connectivity index (χ2n) is 21.9. The Kier molecular flexibility index (Phi) is 12.9. The normalized spacial score (nSPS) is 24.4. The molecule has 13 rings (SSSR count). The van der Waals surface area contributed by atoms with E-state index in [0.717, 1.165) is 47.2 Å². The van der Waals surface area contributed by atoms with Gasteiger partial charge in [0.05, 0.1) is 62.3 Å². The molecule has 0 radical (unpaired) electrons. The molecule has 4 saturated heterocycles. The Labute approximate surface area is 471 Å². The van der Waals surface area contributed by atoms with Crippen molar-refractivity contribution in [3.8, 4) is 46.4 Å². The summed E-state index contributed by atoms with van der Waals surface area (Å²) in [6.45, 7) is 12.2. The van der Waals surface area contributed by atoms with E-state index in [1.165, 1.54) is 12.1 Å². The van der Waals surface area contributed by atoms with Crippen LogP contribution in [-0.2, 0) is 39.4 Å². The number of nitrogen functional groups attached to an aromatic ring is 1. The van der Waals surface area contributed by atoms with Crippen molar-refractivity contribution in [3.63, 3.8) is 0 Å². The maximum Gasteiger partial charge on any atom is 0.343 e. The van der Waals surface area contributed by atoms with Gasteiger partial charge in [-0.1, -0.05) is 38.1 Å². The number of rotatable bonds is 13. The fourth-order valence-electron chi connectivity index (χ4n) is 13.3. The molecule has 7 aromatic rings. The van der Waals surface area contributed by atoms with Gasteiger partial charge in [0.2, 0.25) is 0 Å². The monoisotopic (exact) mass is 1140 g/mol. The zero-order valence-electron chi connectivity index (χ0n) is 44.5. The first-order chi connectivity index (χ1) is 39.0. The molecule has 6 aliphatic heterocycles. The number of hydrogen-bond donors (Lipinski definition) is 2. The topological polar surface area (TPSA) is 222 Å².